The highest BCUT2D eigenvalue weighted by molar-refractivity contribution is 5.87. The van der Waals surface area contributed by atoms with Crippen molar-refractivity contribution in [2.45, 2.75) is 18.8 Å². The predicted molar refractivity (Wildman–Crippen MR) is 82.3 cm³/mol. The summed E-state index contributed by atoms with van der Waals surface area (Å²) in [4.78, 5) is 26.2. The van der Waals surface area contributed by atoms with E-state index in [0.717, 1.165) is 0 Å². The normalized spacial score (nSPS) is 23.6. The van der Waals surface area contributed by atoms with E-state index in [2.05, 4.69) is 17.4 Å². The lowest BCUT2D eigenvalue weighted by Gasteiger charge is -2.41. The third kappa shape index (κ3) is 2.50. The predicted octanol–water partition coefficient (Wildman–Crippen LogP) is 1.16. The quantitative estimate of drug-likeness (QED) is 0.911. The number of rotatable bonds is 3. The van der Waals surface area contributed by atoms with Gasteiger partial charge in [0.1, 0.15) is 6.61 Å². The lowest BCUT2D eigenvalue weighted by molar-refractivity contribution is -0.141. The van der Waals surface area contributed by atoms with Crippen LogP contribution in [0.5, 0.6) is 0 Å². The highest BCUT2D eigenvalue weighted by Gasteiger charge is 2.52. The van der Waals surface area contributed by atoms with E-state index < -0.39 is 0 Å². The highest BCUT2D eigenvalue weighted by atomic mass is 16.5. The second kappa shape index (κ2) is 6.08. The molecule has 5 nitrogen and oxygen atoms in total. The summed E-state index contributed by atoms with van der Waals surface area (Å²) >= 11 is 0. The molecule has 5 heteroatoms. The first kappa shape index (κ1) is 15.0. The van der Waals surface area contributed by atoms with Crippen LogP contribution in [-0.4, -0.2) is 50.1 Å². The molecule has 2 aliphatic rings. The third-order valence-corrected chi connectivity index (χ3v) is 5.06. The van der Waals surface area contributed by atoms with E-state index >= 15 is 0 Å². The summed E-state index contributed by atoms with van der Waals surface area (Å²) in [5, 5.41) is 3.03. The molecule has 1 N–H and O–H groups in total. The van der Waals surface area contributed by atoms with Crippen LogP contribution >= 0.6 is 0 Å². The number of methoxy groups -OCH3 is 1. The first-order valence-electron chi connectivity index (χ1n) is 7.77. The maximum atomic E-state index is 12.5. The largest absolute Gasteiger partial charge is 0.375 e. The fourth-order valence-corrected chi connectivity index (χ4v) is 3.79. The van der Waals surface area contributed by atoms with Gasteiger partial charge in [0.2, 0.25) is 11.8 Å². The monoisotopic (exact) mass is 302 g/mol. The number of nitrogens with one attached hydrogen (secondary N) is 1. The minimum atomic E-state index is -0.370. The summed E-state index contributed by atoms with van der Waals surface area (Å²) in [7, 11) is 1.53. The first-order chi connectivity index (χ1) is 10.7. The van der Waals surface area contributed by atoms with Crippen LogP contribution in [0.25, 0.3) is 0 Å². The van der Waals surface area contributed by atoms with Crippen LogP contribution in [0.2, 0.25) is 0 Å². The molecule has 1 aromatic carbocycles. The Bertz CT molecular complexity index is 550. The van der Waals surface area contributed by atoms with Gasteiger partial charge in [-0.05, 0) is 18.4 Å². The summed E-state index contributed by atoms with van der Waals surface area (Å²) in [6.07, 6.45) is 1.43. The molecule has 118 valence electrons. The Labute approximate surface area is 130 Å². The van der Waals surface area contributed by atoms with Crippen molar-refractivity contribution in [1.29, 1.82) is 0 Å². The average molecular weight is 302 g/mol. The van der Waals surface area contributed by atoms with Gasteiger partial charge in [0.05, 0.1) is 5.41 Å². The van der Waals surface area contributed by atoms with Crippen LogP contribution < -0.4 is 5.32 Å². The van der Waals surface area contributed by atoms with Gasteiger partial charge in [-0.1, -0.05) is 30.3 Å². The van der Waals surface area contributed by atoms with Crippen molar-refractivity contribution in [2.75, 3.05) is 33.4 Å². The fraction of sp³-hybridized carbons (Fsp3) is 0.529. The number of carbonyl (C=O) groups excluding carboxylic acids is 2. The van der Waals surface area contributed by atoms with Gasteiger partial charge in [-0.2, -0.15) is 0 Å². The number of carbonyl (C=O) groups is 2. The van der Waals surface area contributed by atoms with E-state index in [1.165, 1.54) is 12.7 Å². The zero-order valence-electron chi connectivity index (χ0n) is 12.9. The molecule has 0 aromatic heterocycles. The van der Waals surface area contributed by atoms with Gasteiger partial charge in [-0.3, -0.25) is 9.59 Å². The Morgan fingerprint density at radius 3 is 2.64 bits per heavy atom. The minimum Gasteiger partial charge on any atom is -0.375 e. The summed E-state index contributed by atoms with van der Waals surface area (Å²) in [5.74, 6) is 0.341. The lowest BCUT2D eigenvalue weighted by Crippen LogP contribution is -2.48. The van der Waals surface area contributed by atoms with Gasteiger partial charge in [-0.15, -0.1) is 0 Å². The molecule has 0 saturated carbocycles. The van der Waals surface area contributed by atoms with Gasteiger partial charge in [0.25, 0.3) is 0 Å². The molecule has 2 saturated heterocycles. The van der Waals surface area contributed by atoms with Crippen LogP contribution in [0.4, 0.5) is 0 Å². The summed E-state index contributed by atoms with van der Waals surface area (Å²) in [6.45, 7) is 2.05. The fourth-order valence-electron chi connectivity index (χ4n) is 3.79. The van der Waals surface area contributed by atoms with E-state index in [9.17, 15) is 9.59 Å². The molecule has 1 spiro atoms. The van der Waals surface area contributed by atoms with Crippen LogP contribution in [0.3, 0.4) is 0 Å². The summed E-state index contributed by atoms with van der Waals surface area (Å²) in [6, 6.07) is 10.2. The minimum absolute atomic E-state index is 0.00650. The van der Waals surface area contributed by atoms with E-state index in [0.29, 0.717) is 32.5 Å². The van der Waals surface area contributed by atoms with E-state index in [4.69, 9.17) is 4.74 Å². The number of hydrogen-bond donors (Lipinski definition) is 1. The van der Waals surface area contributed by atoms with E-state index in [1.807, 2.05) is 23.1 Å². The maximum Gasteiger partial charge on any atom is 0.248 e. The van der Waals surface area contributed by atoms with E-state index in [1.54, 1.807) is 0 Å². The van der Waals surface area contributed by atoms with Crippen molar-refractivity contribution in [2.24, 2.45) is 5.41 Å². The van der Waals surface area contributed by atoms with Crippen molar-refractivity contribution in [1.82, 2.24) is 10.2 Å². The maximum absolute atomic E-state index is 12.5. The molecule has 2 amide bonds. The zero-order chi connectivity index (χ0) is 15.6. The summed E-state index contributed by atoms with van der Waals surface area (Å²) < 4.78 is 4.91. The first-order valence-corrected chi connectivity index (χ1v) is 7.77. The van der Waals surface area contributed by atoms with Crippen molar-refractivity contribution < 1.29 is 14.3 Å². The number of piperidine rings is 1. The molecule has 0 bridgehead atoms. The van der Waals surface area contributed by atoms with Crippen molar-refractivity contribution >= 4 is 11.8 Å². The molecule has 0 unspecified atom stereocenters. The SMILES string of the molecule is COCC(=O)N1CCC2(CC1)C(=O)NC[C@@H]2c1ccccc1. The van der Waals surface area contributed by atoms with Crippen molar-refractivity contribution in [3.05, 3.63) is 35.9 Å². The molecular weight excluding hydrogens is 280 g/mol. The molecule has 3 rings (SSSR count). The van der Waals surface area contributed by atoms with Crippen LogP contribution in [0.15, 0.2) is 30.3 Å². The Morgan fingerprint density at radius 1 is 1.32 bits per heavy atom. The van der Waals surface area contributed by atoms with Gasteiger partial charge < -0.3 is 15.0 Å². The van der Waals surface area contributed by atoms with Gasteiger partial charge in [0.15, 0.2) is 0 Å². The molecule has 0 radical (unpaired) electrons. The van der Waals surface area contributed by atoms with Crippen molar-refractivity contribution in [3.8, 4) is 0 Å². The van der Waals surface area contributed by atoms with E-state index in [-0.39, 0.29) is 29.8 Å². The van der Waals surface area contributed by atoms with Crippen molar-refractivity contribution in [3.63, 3.8) is 0 Å². The molecular formula is C17H22N2O3. The van der Waals surface area contributed by atoms with Gasteiger partial charge in [-0.25, -0.2) is 0 Å². The second-order valence-corrected chi connectivity index (χ2v) is 6.14. The highest BCUT2D eigenvalue weighted by Crippen LogP contribution is 2.47. The topological polar surface area (TPSA) is 58.6 Å². The Kier molecular flexibility index (Phi) is 4.16. The summed E-state index contributed by atoms with van der Waals surface area (Å²) in [5.41, 5.74) is 0.836. The molecule has 1 atom stereocenters. The van der Waals surface area contributed by atoms with Crippen LogP contribution in [-0.2, 0) is 14.3 Å². The van der Waals surface area contributed by atoms with Crippen LogP contribution in [0.1, 0.15) is 24.3 Å². The molecule has 1 aromatic rings. The number of ether oxygens (including phenoxy) is 1. The lowest BCUT2D eigenvalue weighted by atomic mass is 9.68. The average Bonchev–Trinajstić information content (AvgIpc) is 2.86. The van der Waals surface area contributed by atoms with Crippen LogP contribution in [0, 0.1) is 5.41 Å². The standard InChI is InChI=1S/C17H22N2O3/c1-22-12-15(20)19-9-7-17(8-10-19)14(11-18-16(17)21)13-5-3-2-4-6-13/h2-6,14H,7-12H2,1H3,(H,18,21)/t14-/m1/s1. The molecule has 2 heterocycles. The number of benzene rings is 1. The Morgan fingerprint density at radius 2 is 2.00 bits per heavy atom. The molecule has 22 heavy (non-hydrogen) atoms. The Hall–Kier alpha value is -1.88. The molecule has 2 fully saturated rings. The number of nitrogens with zero attached hydrogens (tertiary/aromatic N) is 1. The van der Waals surface area contributed by atoms with Gasteiger partial charge >= 0.3 is 0 Å². The Balaban J connectivity index is 1.77. The number of hydrogen-bond acceptors (Lipinski definition) is 3. The molecule has 0 aliphatic carbocycles. The molecule has 2 aliphatic heterocycles. The smallest absolute Gasteiger partial charge is 0.248 e. The number of amides is 2. The van der Waals surface area contributed by atoms with Gasteiger partial charge in [0, 0.05) is 32.7 Å². The number of likely N-dealkylation sites (tertiary alicyclic amines) is 1. The third-order valence-electron chi connectivity index (χ3n) is 5.06. The zero-order valence-corrected chi connectivity index (χ0v) is 12.9. The second-order valence-electron chi connectivity index (χ2n) is 6.14.